The maximum absolute atomic E-state index is 12.5. The number of amides is 3. The average Bonchev–Trinajstić information content (AvgIpc) is 2.53. The Morgan fingerprint density at radius 3 is 2.17 bits per heavy atom. The number of likely N-dealkylation sites (tertiary alicyclic amines) is 1. The van der Waals surface area contributed by atoms with E-state index in [4.69, 9.17) is 0 Å². The van der Waals surface area contributed by atoms with Crippen LogP contribution in [0, 0.1) is 11.3 Å². The molecule has 2 aliphatic rings. The molecule has 2 fully saturated rings. The molecule has 0 aromatic rings. The number of carbonyl (C=O) groups is 2. The van der Waals surface area contributed by atoms with Gasteiger partial charge >= 0.3 is 6.03 Å². The molecule has 5 heteroatoms. The summed E-state index contributed by atoms with van der Waals surface area (Å²) in [6.45, 7) is 8.52. The summed E-state index contributed by atoms with van der Waals surface area (Å²) in [5.74, 6) is 0.601. The number of urea groups is 1. The molecule has 1 saturated carbocycles. The van der Waals surface area contributed by atoms with Gasteiger partial charge in [0, 0.05) is 31.6 Å². The SMILES string of the molecule is CC(C)(C)CNC(=O)NC1CCN(C(=O)C2CCCCC2)CC1. The highest BCUT2D eigenvalue weighted by atomic mass is 16.2. The van der Waals surface area contributed by atoms with E-state index in [0.29, 0.717) is 12.5 Å². The molecule has 1 aliphatic heterocycles. The quantitative estimate of drug-likeness (QED) is 0.839. The fourth-order valence-corrected chi connectivity index (χ4v) is 3.43. The maximum atomic E-state index is 12.5. The highest BCUT2D eigenvalue weighted by Crippen LogP contribution is 2.26. The molecule has 1 saturated heterocycles. The van der Waals surface area contributed by atoms with Crippen LogP contribution in [0.3, 0.4) is 0 Å². The normalized spacial score (nSPS) is 21.1. The third-order valence-corrected chi connectivity index (χ3v) is 4.88. The Balaban J connectivity index is 1.69. The summed E-state index contributed by atoms with van der Waals surface area (Å²) in [6.07, 6.45) is 7.52. The fourth-order valence-electron chi connectivity index (χ4n) is 3.43. The van der Waals surface area contributed by atoms with Gasteiger partial charge in [0.1, 0.15) is 0 Å². The van der Waals surface area contributed by atoms with Crippen LogP contribution in [0.1, 0.15) is 65.7 Å². The predicted octanol–water partition coefficient (Wildman–Crippen LogP) is 2.90. The van der Waals surface area contributed by atoms with Crippen LogP contribution in [-0.2, 0) is 4.79 Å². The highest BCUT2D eigenvalue weighted by molar-refractivity contribution is 5.79. The molecule has 5 nitrogen and oxygen atoms in total. The Morgan fingerprint density at radius 1 is 1.00 bits per heavy atom. The molecule has 0 radical (unpaired) electrons. The first kappa shape index (κ1) is 18.1. The maximum Gasteiger partial charge on any atom is 0.315 e. The number of rotatable bonds is 3. The molecule has 0 atom stereocenters. The van der Waals surface area contributed by atoms with Crippen molar-refractivity contribution in [3.8, 4) is 0 Å². The van der Waals surface area contributed by atoms with Gasteiger partial charge in [0.15, 0.2) is 0 Å². The van der Waals surface area contributed by atoms with Gasteiger partial charge in [-0.3, -0.25) is 4.79 Å². The van der Waals surface area contributed by atoms with E-state index in [2.05, 4.69) is 31.4 Å². The van der Waals surface area contributed by atoms with Crippen molar-refractivity contribution >= 4 is 11.9 Å². The number of hydrogen-bond acceptors (Lipinski definition) is 2. The van der Waals surface area contributed by atoms with Crippen LogP contribution in [0.25, 0.3) is 0 Å². The van der Waals surface area contributed by atoms with Crippen LogP contribution < -0.4 is 10.6 Å². The van der Waals surface area contributed by atoms with E-state index in [1.54, 1.807) is 0 Å². The van der Waals surface area contributed by atoms with E-state index >= 15 is 0 Å². The lowest BCUT2D eigenvalue weighted by atomic mass is 9.87. The second-order valence-corrected chi connectivity index (χ2v) is 8.32. The van der Waals surface area contributed by atoms with E-state index < -0.39 is 0 Å². The zero-order chi connectivity index (χ0) is 16.9. The molecule has 1 heterocycles. The first-order valence-electron chi connectivity index (χ1n) is 9.18. The Labute approximate surface area is 140 Å². The molecular weight excluding hydrogens is 290 g/mol. The van der Waals surface area contributed by atoms with Crippen molar-refractivity contribution in [2.24, 2.45) is 11.3 Å². The molecule has 2 N–H and O–H groups in total. The molecule has 1 aliphatic carbocycles. The lowest BCUT2D eigenvalue weighted by Crippen LogP contribution is -2.51. The van der Waals surface area contributed by atoms with Gasteiger partial charge in [-0.2, -0.15) is 0 Å². The summed E-state index contributed by atoms with van der Waals surface area (Å²) in [5.41, 5.74) is 0.0904. The Hall–Kier alpha value is -1.26. The van der Waals surface area contributed by atoms with E-state index in [1.807, 2.05) is 4.90 Å². The van der Waals surface area contributed by atoms with E-state index in [0.717, 1.165) is 38.8 Å². The number of nitrogens with one attached hydrogen (secondary N) is 2. The number of carbonyl (C=O) groups excluding carboxylic acids is 2. The third-order valence-electron chi connectivity index (χ3n) is 4.88. The van der Waals surface area contributed by atoms with Gasteiger partial charge < -0.3 is 15.5 Å². The van der Waals surface area contributed by atoms with Crippen LogP contribution in [-0.4, -0.2) is 42.5 Å². The largest absolute Gasteiger partial charge is 0.342 e. The number of nitrogens with zero attached hydrogens (tertiary/aromatic N) is 1. The summed E-state index contributed by atoms with van der Waals surface area (Å²) in [7, 11) is 0. The molecule has 2 rings (SSSR count). The summed E-state index contributed by atoms with van der Waals surface area (Å²) in [4.78, 5) is 26.5. The van der Waals surface area contributed by atoms with Crippen LogP contribution in [0.15, 0.2) is 0 Å². The van der Waals surface area contributed by atoms with Crippen molar-refractivity contribution in [3.05, 3.63) is 0 Å². The van der Waals surface area contributed by atoms with E-state index in [9.17, 15) is 9.59 Å². The van der Waals surface area contributed by atoms with Crippen molar-refractivity contribution in [3.63, 3.8) is 0 Å². The van der Waals surface area contributed by atoms with Crippen molar-refractivity contribution in [2.75, 3.05) is 19.6 Å². The molecule has 23 heavy (non-hydrogen) atoms. The van der Waals surface area contributed by atoms with Gasteiger partial charge in [-0.05, 0) is 31.1 Å². The van der Waals surface area contributed by atoms with Crippen molar-refractivity contribution in [1.82, 2.24) is 15.5 Å². The third kappa shape index (κ3) is 6.04. The Bertz CT molecular complexity index is 403. The molecule has 3 amide bonds. The standard InChI is InChI=1S/C18H33N3O2/c1-18(2,3)13-19-17(23)20-15-9-11-21(12-10-15)16(22)14-7-5-4-6-8-14/h14-15H,4-13H2,1-3H3,(H2,19,20,23). The van der Waals surface area contributed by atoms with Crippen LogP contribution >= 0.6 is 0 Å². The molecule has 0 bridgehead atoms. The minimum Gasteiger partial charge on any atom is -0.342 e. The Morgan fingerprint density at radius 2 is 1.61 bits per heavy atom. The second-order valence-electron chi connectivity index (χ2n) is 8.32. The monoisotopic (exact) mass is 323 g/mol. The molecular formula is C18H33N3O2. The van der Waals surface area contributed by atoms with Crippen molar-refractivity contribution in [2.45, 2.75) is 71.8 Å². The zero-order valence-corrected chi connectivity index (χ0v) is 15.0. The van der Waals surface area contributed by atoms with Gasteiger partial charge in [-0.15, -0.1) is 0 Å². The smallest absolute Gasteiger partial charge is 0.315 e. The van der Waals surface area contributed by atoms with Crippen LogP contribution in [0.5, 0.6) is 0 Å². The van der Waals surface area contributed by atoms with Gasteiger partial charge in [-0.25, -0.2) is 4.79 Å². The number of hydrogen-bond donors (Lipinski definition) is 2. The molecule has 0 aromatic carbocycles. The first-order chi connectivity index (χ1) is 10.8. The minimum atomic E-state index is -0.0861. The fraction of sp³-hybridized carbons (Fsp3) is 0.889. The van der Waals surface area contributed by atoms with Gasteiger partial charge in [0.2, 0.25) is 5.91 Å². The topological polar surface area (TPSA) is 61.4 Å². The first-order valence-corrected chi connectivity index (χ1v) is 9.18. The van der Waals surface area contributed by atoms with Crippen molar-refractivity contribution in [1.29, 1.82) is 0 Å². The number of piperidine rings is 1. The summed E-state index contributed by atoms with van der Waals surface area (Å²) in [6, 6.07) is 0.0994. The molecule has 0 spiro atoms. The lowest BCUT2D eigenvalue weighted by Gasteiger charge is -2.35. The van der Waals surface area contributed by atoms with E-state index in [1.165, 1.54) is 19.3 Å². The highest BCUT2D eigenvalue weighted by Gasteiger charge is 2.29. The summed E-state index contributed by atoms with van der Waals surface area (Å²) >= 11 is 0. The minimum absolute atomic E-state index is 0.0861. The summed E-state index contributed by atoms with van der Waals surface area (Å²) < 4.78 is 0. The van der Waals surface area contributed by atoms with Gasteiger partial charge in [0.05, 0.1) is 0 Å². The molecule has 0 aromatic heterocycles. The van der Waals surface area contributed by atoms with Gasteiger partial charge in [-0.1, -0.05) is 40.0 Å². The Kier molecular flexibility index (Phi) is 6.31. The predicted molar refractivity (Wildman–Crippen MR) is 92.2 cm³/mol. The second kappa shape index (κ2) is 8.02. The van der Waals surface area contributed by atoms with Crippen LogP contribution in [0.2, 0.25) is 0 Å². The van der Waals surface area contributed by atoms with Crippen LogP contribution in [0.4, 0.5) is 4.79 Å². The lowest BCUT2D eigenvalue weighted by molar-refractivity contribution is -0.137. The van der Waals surface area contributed by atoms with E-state index in [-0.39, 0.29) is 23.4 Å². The van der Waals surface area contributed by atoms with Crippen molar-refractivity contribution < 1.29 is 9.59 Å². The zero-order valence-electron chi connectivity index (χ0n) is 15.0. The summed E-state index contributed by atoms with van der Waals surface area (Å²) in [5, 5.41) is 5.97. The molecule has 132 valence electrons. The average molecular weight is 323 g/mol. The molecule has 0 unspecified atom stereocenters. The van der Waals surface area contributed by atoms with Gasteiger partial charge in [0.25, 0.3) is 0 Å².